The molecule has 0 aliphatic heterocycles. The van der Waals surface area contributed by atoms with E-state index >= 15 is 0 Å². The molecule has 0 saturated heterocycles. The quantitative estimate of drug-likeness (QED) is 0.847. The van der Waals surface area contributed by atoms with Crippen molar-refractivity contribution in [1.82, 2.24) is 4.90 Å². The second-order valence-electron chi connectivity index (χ2n) is 5.55. The Kier molecular flexibility index (Phi) is 5.26. The predicted molar refractivity (Wildman–Crippen MR) is 72.2 cm³/mol. The highest BCUT2D eigenvalue weighted by atomic mass is 35.5. The van der Waals surface area contributed by atoms with Crippen molar-refractivity contribution in [2.75, 3.05) is 13.6 Å². The van der Waals surface area contributed by atoms with Crippen molar-refractivity contribution in [2.45, 2.75) is 57.4 Å². The zero-order valence-corrected chi connectivity index (χ0v) is 11.6. The van der Waals surface area contributed by atoms with Gasteiger partial charge >= 0.3 is 0 Å². The molecule has 4 heteroatoms. The van der Waals surface area contributed by atoms with Crippen LogP contribution in [0.4, 0.5) is 0 Å². The number of hydrogen-bond acceptors (Lipinski definition) is 2. The summed E-state index contributed by atoms with van der Waals surface area (Å²) in [5.74, 6) is 0.319. The van der Waals surface area contributed by atoms with Gasteiger partial charge in [-0.15, -0.1) is 12.4 Å². The number of carbonyl (C=O) groups excluding carboxylic acids is 1. The van der Waals surface area contributed by atoms with Gasteiger partial charge in [-0.05, 0) is 25.7 Å². The molecule has 0 aromatic heterocycles. The lowest BCUT2D eigenvalue weighted by Crippen LogP contribution is -2.48. The van der Waals surface area contributed by atoms with E-state index in [-0.39, 0.29) is 17.8 Å². The first kappa shape index (κ1) is 14.8. The normalized spacial score (nSPS) is 23.4. The largest absolute Gasteiger partial charge is 0.342 e. The average Bonchev–Trinajstić information content (AvgIpc) is 2.98. The molecular formula is C13H25ClN2O. The Labute approximate surface area is 111 Å². The van der Waals surface area contributed by atoms with Gasteiger partial charge in [0, 0.05) is 19.6 Å². The minimum atomic E-state index is -0.211. The fraction of sp³-hybridized carbons (Fsp3) is 0.923. The van der Waals surface area contributed by atoms with Crippen molar-refractivity contribution in [2.24, 2.45) is 11.1 Å². The molecule has 2 rings (SSSR count). The fourth-order valence-corrected chi connectivity index (χ4v) is 3.39. The van der Waals surface area contributed by atoms with Gasteiger partial charge in [-0.2, -0.15) is 0 Å². The van der Waals surface area contributed by atoms with Gasteiger partial charge in [0.15, 0.2) is 0 Å². The van der Waals surface area contributed by atoms with Crippen LogP contribution in [0.2, 0.25) is 0 Å². The Morgan fingerprint density at radius 1 is 1.24 bits per heavy atom. The third-order valence-corrected chi connectivity index (χ3v) is 4.60. The van der Waals surface area contributed by atoms with E-state index in [9.17, 15) is 4.79 Å². The Morgan fingerprint density at radius 2 is 1.76 bits per heavy atom. The molecule has 0 unspecified atom stereocenters. The maximum Gasteiger partial charge on any atom is 0.230 e. The van der Waals surface area contributed by atoms with E-state index < -0.39 is 0 Å². The Balaban J connectivity index is 0.00000144. The third-order valence-electron chi connectivity index (χ3n) is 4.60. The summed E-state index contributed by atoms with van der Waals surface area (Å²) in [5.41, 5.74) is 5.65. The lowest BCUT2D eigenvalue weighted by Gasteiger charge is -2.34. The summed E-state index contributed by atoms with van der Waals surface area (Å²) in [7, 11) is 1.98. The van der Waals surface area contributed by atoms with Crippen molar-refractivity contribution < 1.29 is 4.79 Å². The molecule has 0 aromatic carbocycles. The number of hydrogen-bond donors (Lipinski definition) is 1. The monoisotopic (exact) mass is 260 g/mol. The van der Waals surface area contributed by atoms with E-state index in [4.69, 9.17) is 5.73 Å². The highest BCUT2D eigenvalue weighted by molar-refractivity contribution is 5.85. The van der Waals surface area contributed by atoms with Crippen LogP contribution in [0.1, 0.15) is 51.4 Å². The SMILES string of the molecule is CN(C(=O)C1(CN)CCCC1)C1CCCC1.Cl. The van der Waals surface area contributed by atoms with Gasteiger partial charge in [0.1, 0.15) is 0 Å². The summed E-state index contributed by atoms with van der Waals surface area (Å²) < 4.78 is 0. The zero-order valence-electron chi connectivity index (χ0n) is 10.8. The molecule has 0 bridgehead atoms. The second-order valence-corrected chi connectivity index (χ2v) is 5.55. The number of carbonyl (C=O) groups is 1. The predicted octanol–water partition coefficient (Wildman–Crippen LogP) is 2.33. The first-order valence-electron chi connectivity index (χ1n) is 6.67. The molecule has 2 aliphatic rings. The van der Waals surface area contributed by atoms with E-state index in [0.29, 0.717) is 18.5 Å². The van der Waals surface area contributed by atoms with Crippen LogP contribution in [0.3, 0.4) is 0 Å². The lowest BCUT2D eigenvalue weighted by molar-refractivity contribution is -0.142. The second kappa shape index (κ2) is 6.05. The summed E-state index contributed by atoms with van der Waals surface area (Å²) in [6.45, 7) is 0.531. The molecule has 0 radical (unpaired) electrons. The van der Waals surface area contributed by atoms with Crippen molar-refractivity contribution in [3.8, 4) is 0 Å². The van der Waals surface area contributed by atoms with E-state index in [2.05, 4.69) is 0 Å². The number of rotatable bonds is 3. The molecule has 0 aromatic rings. The molecule has 0 heterocycles. The Hall–Kier alpha value is -0.280. The third kappa shape index (κ3) is 2.76. The maximum atomic E-state index is 12.5. The van der Waals surface area contributed by atoms with Crippen LogP contribution in [-0.2, 0) is 4.79 Å². The summed E-state index contributed by atoms with van der Waals surface area (Å²) in [6, 6.07) is 0.483. The molecule has 0 spiro atoms. The molecule has 2 saturated carbocycles. The van der Waals surface area contributed by atoms with Gasteiger partial charge in [-0.1, -0.05) is 25.7 Å². The molecule has 100 valence electrons. The number of nitrogens with two attached hydrogens (primary N) is 1. The zero-order chi connectivity index (χ0) is 11.6. The van der Waals surface area contributed by atoms with E-state index in [1.807, 2.05) is 11.9 Å². The molecule has 0 atom stereocenters. The van der Waals surface area contributed by atoms with E-state index in [1.54, 1.807) is 0 Å². The summed E-state index contributed by atoms with van der Waals surface area (Å²) in [4.78, 5) is 14.5. The molecule has 1 amide bonds. The van der Waals surface area contributed by atoms with Gasteiger partial charge in [-0.25, -0.2) is 0 Å². The van der Waals surface area contributed by atoms with Gasteiger partial charge in [0.25, 0.3) is 0 Å². The number of halogens is 1. The molecular weight excluding hydrogens is 236 g/mol. The number of nitrogens with zero attached hydrogens (tertiary/aromatic N) is 1. The van der Waals surface area contributed by atoms with Crippen LogP contribution in [0, 0.1) is 5.41 Å². The standard InChI is InChI=1S/C13H24N2O.ClH/c1-15(11-6-2-3-7-11)12(16)13(10-14)8-4-5-9-13;/h11H,2-10,14H2,1H3;1H. The van der Waals surface area contributed by atoms with Crippen molar-refractivity contribution in [1.29, 1.82) is 0 Å². The van der Waals surface area contributed by atoms with Crippen molar-refractivity contribution in [3.63, 3.8) is 0 Å². The summed E-state index contributed by atoms with van der Waals surface area (Å²) in [5, 5.41) is 0. The summed E-state index contributed by atoms with van der Waals surface area (Å²) >= 11 is 0. The fourth-order valence-electron chi connectivity index (χ4n) is 3.39. The van der Waals surface area contributed by atoms with Crippen molar-refractivity contribution in [3.05, 3.63) is 0 Å². The van der Waals surface area contributed by atoms with Crippen LogP contribution in [0.15, 0.2) is 0 Å². The van der Waals surface area contributed by atoms with Crippen LogP contribution >= 0.6 is 12.4 Å². The lowest BCUT2D eigenvalue weighted by atomic mass is 9.84. The molecule has 3 nitrogen and oxygen atoms in total. The number of amides is 1. The smallest absolute Gasteiger partial charge is 0.230 e. The van der Waals surface area contributed by atoms with Gasteiger partial charge in [0.2, 0.25) is 5.91 Å². The highest BCUT2D eigenvalue weighted by Crippen LogP contribution is 2.39. The van der Waals surface area contributed by atoms with E-state index in [0.717, 1.165) is 12.8 Å². The van der Waals surface area contributed by atoms with Crippen LogP contribution in [-0.4, -0.2) is 30.4 Å². The van der Waals surface area contributed by atoms with Gasteiger partial charge < -0.3 is 10.6 Å². The minimum absolute atomic E-state index is 0. The molecule has 2 fully saturated rings. The van der Waals surface area contributed by atoms with Gasteiger partial charge in [-0.3, -0.25) is 4.79 Å². The van der Waals surface area contributed by atoms with Gasteiger partial charge in [0.05, 0.1) is 5.41 Å². The van der Waals surface area contributed by atoms with Crippen LogP contribution < -0.4 is 5.73 Å². The molecule has 2 N–H and O–H groups in total. The Morgan fingerprint density at radius 3 is 2.24 bits per heavy atom. The molecule has 17 heavy (non-hydrogen) atoms. The van der Waals surface area contributed by atoms with Crippen LogP contribution in [0.5, 0.6) is 0 Å². The maximum absolute atomic E-state index is 12.5. The topological polar surface area (TPSA) is 46.3 Å². The van der Waals surface area contributed by atoms with Crippen LogP contribution in [0.25, 0.3) is 0 Å². The first-order valence-corrected chi connectivity index (χ1v) is 6.67. The molecule has 2 aliphatic carbocycles. The first-order chi connectivity index (χ1) is 7.69. The van der Waals surface area contributed by atoms with E-state index in [1.165, 1.54) is 38.5 Å². The summed E-state index contributed by atoms with van der Waals surface area (Å²) in [6.07, 6.45) is 9.25. The minimum Gasteiger partial charge on any atom is -0.342 e. The van der Waals surface area contributed by atoms with Crippen molar-refractivity contribution >= 4 is 18.3 Å². The Bertz CT molecular complexity index is 258. The highest BCUT2D eigenvalue weighted by Gasteiger charge is 2.43. The average molecular weight is 261 g/mol.